The van der Waals surface area contributed by atoms with Crippen molar-refractivity contribution < 1.29 is 36.2 Å². The highest BCUT2D eigenvalue weighted by atomic mass is 32.2. The van der Waals surface area contributed by atoms with Crippen LogP contribution in [0.4, 0.5) is 28.4 Å². The zero-order valence-corrected chi connectivity index (χ0v) is 23.4. The predicted molar refractivity (Wildman–Crippen MR) is 158 cm³/mol. The highest BCUT2D eigenvalue weighted by Gasteiger charge is 2.22. The van der Waals surface area contributed by atoms with Gasteiger partial charge in [-0.15, -0.1) is 10.2 Å². The van der Waals surface area contributed by atoms with Crippen molar-refractivity contribution in [3.05, 3.63) is 91.0 Å². The van der Waals surface area contributed by atoms with E-state index in [-0.39, 0.29) is 16.8 Å². The topological polar surface area (TPSA) is 225 Å². The zero-order valence-electron chi connectivity index (χ0n) is 21.8. The first-order valence-electron chi connectivity index (χ1n) is 12.2. The summed E-state index contributed by atoms with van der Waals surface area (Å²) >= 11 is 0. The molecule has 0 bridgehead atoms. The van der Waals surface area contributed by atoms with Gasteiger partial charge in [0.05, 0.1) is 11.4 Å². The van der Waals surface area contributed by atoms with E-state index in [1.165, 1.54) is 30.3 Å². The number of azo groups is 2. The molecule has 43 heavy (non-hydrogen) atoms. The molecule has 0 spiro atoms. The highest BCUT2D eigenvalue weighted by molar-refractivity contribution is 7.86. The Hall–Kier alpha value is -5.22. The van der Waals surface area contributed by atoms with E-state index in [0.717, 1.165) is 23.3 Å². The molecule has 0 unspecified atom stereocenters. The first kappa shape index (κ1) is 29.3. The quantitative estimate of drug-likeness (QED) is 0.0730. The molecule has 0 aliphatic carbocycles. The summed E-state index contributed by atoms with van der Waals surface area (Å²) in [5.41, 5.74) is 7.78. The Kier molecular flexibility index (Phi) is 7.64. The van der Waals surface area contributed by atoms with Crippen LogP contribution < -0.4 is 5.73 Å². The Labute approximate surface area is 244 Å². The van der Waals surface area contributed by atoms with E-state index in [0.29, 0.717) is 22.4 Å². The number of hydrogen-bond acceptors (Lipinski definition) is 11. The highest BCUT2D eigenvalue weighted by Crippen LogP contribution is 2.42. The lowest BCUT2D eigenvalue weighted by molar-refractivity contribution is 0.466. The van der Waals surface area contributed by atoms with Gasteiger partial charge < -0.3 is 15.9 Å². The number of benzene rings is 5. The van der Waals surface area contributed by atoms with Gasteiger partial charge in [0.25, 0.3) is 20.2 Å². The third kappa shape index (κ3) is 6.49. The number of aromatic hydroxyl groups is 2. The molecule has 5 rings (SSSR count). The third-order valence-corrected chi connectivity index (χ3v) is 7.93. The van der Waals surface area contributed by atoms with Gasteiger partial charge in [-0.25, -0.2) is 0 Å². The summed E-state index contributed by atoms with van der Waals surface area (Å²) in [6, 6.07) is 22.3. The van der Waals surface area contributed by atoms with E-state index >= 15 is 0 Å². The first-order valence-corrected chi connectivity index (χ1v) is 15.0. The summed E-state index contributed by atoms with van der Waals surface area (Å²) in [6.07, 6.45) is 0. The number of fused-ring (bicyclic) bond motifs is 1. The smallest absolute Gasteiger partial charge is 0.296 e. The largest absolute Gasteiger partial charge is 0.508 e. The van der Waals surface area contributed by atoms with E-state index in [1.807, 2.05) is 0 Å². The molecular formula is C28H21N5O8S2. The molecule has 13 nitrogen and oxygen atoms in total. The van der Waals surface area contributed by atoms with E-state index in [1.54, 1.807) is 48.5 Å². The van der Waals surface area contributed by atoms with Gasteiger partial charge in [0.15, 0.2) is 5.75 Å². The van der Waals surface area contributed by atoms with Gasteiger partial charge in [-0.3, -0.25) is 9.11 Å². The van der Waals surface area contributed by atoms with Crippen molar-refractivity contribution in [2.75, 3.05) is 5.73 Å². The number of anilines is 1. The van der Waals surface area contributed by atoms with Crippen LogP contribution in [0, 0.1) is 0 Å². The normalized spacial score (nSPS) is 12.4. The van der Waals surface area contributed by atoms with Crippen LogP contribution in [0.1, 0.15) is 0 Å². The second kappa shape index (κ2) is 11.2. The minimum Gasteiger partial charge on any atom is -0.508 e. The monoisotopic (exact) mass is 619 g/mol. The maximum absolute atomic E-state index is 12.0. The molecule has 0 amide bonds. The van der Waals surface area contributed by atoms with Gasteiger partial charge in [-0.05, 0) is 77.2 Å². The molecule has 0 aromatic heterocycles. The minimum atomic E-state index is -4.76. The second-order valence-electron chi connectivity index (χ2n) is 9.15. The van der Waals surface area contributed by atoms with Crippen LogP contribution in [-0.2, 0) is 20.2 Å². The Morgan fingerprint density at radius 3 is 1.70 bits per heavy atom. The van der Waals surface area contributed by atoms with Gasteiger partial charge in [0.2, 0.25) is 0 Å². The van der Waals surface area contributed by atoms with Crippen molar-refractivity contribution in [2.45, 2.75) is 9.79 Å². The molecule has 5 aromatic rings. The van der Waals surface area contributed by atoms with E-state index < -0.39 is 41.5 Å². The van der Waals surface area contributed by atoms with Gasteiger partial charge in [-0.2, -0.15) is 27.1 Å². The Balaban J connectivity index is 1.37. The van der Waals surface area contributed by atoms with Crippen molar-refractivity contribution in [3.8, 4) is 22.6 Å². The van der Waals surface area contributed by atoms with Gasteiger partial charge >= 0.3 is 0 Å². The molecular weight excluding hydrogens is 598 g/mol. The first-order chi connectivity index (χ1) is 20.3. The van der Waals surface area contributed by atoms with Gasteiger partial charge in [0, 0.05) is 17.1 Å². The summed E-state index contributed by atoms with van der Waals surface area (Å²) in [5, 5.41) is 36.6. The number of rotatable bonds is 7. The lowest BCUT2D eigenvalue weighted by Crippen LogP contribution is -1.99. The zero-order chi connectivity index (χ0) is 30.9. The lowest BCUT2D eigenvalue weighted by Gasteiger charge is -2.09. The lowest BCUT2D eigenvalue weighted by atomic mass is 10.1. The number of nitrogen functional groups attached to an aromatic ring is 1. The van der Waals surface area contributed by atoms with Crippen molar-refractivity contribution in [1.29, 1.82) is 0 Å². The molecule has 15 heteroatoms. The molecule has 0 saturated heterocycles. The summed E-state index contributed by atoms with van der Waals surface area (Å²) in [4.78, 5) is -1.21. The minimum absolute atomic E-state index is 0.153. The van der Waals surface area contributed by atoms with Crippen LogP contribution in [0.15, 0.2) is 121 Å². The standard InChI is InChI=1S/C28H21N5O8S2/c29-19-5-11-23-18(13-19)14-26(43(39,40)41)27(28(23)35)33-31-21-8-3-17(4-9-21)16-1-6-20(7-2-16)30-32-24-12-10-22(34)15-25(24)42(36,37)38/h1-15,34-35H,29H2,(H,36,37,38)(H,39,40,41). The van der Waals surface area contributed by atoms with Crippen molar-refractivity contribution in [3.63, 3.8) is 0 Å². The van der Waals surface area contributed by atoms with Crippen LogP contribution in [0.25, 0.3) is 21.9 Å². The number of nitrogens with zero attached hydrogens (tertiary/aromatic N) is 4. The number of phenolic OH excluding ortho intramolecular Hbond substituents is 2. The van der Waals surface area contributed by atoms with Gasteiger partial charge in [0.1, 0.15) is 26.9 Å². The van der Waals surface area contributed by atoms with Crippen LogP contribution in [-0.4, -0.2) is 36.2 Å². The Morgan fingerprint density at radius 2 is 1.14 bits per heavy atom. The fourth-order valence-corrected chi connectivity index (χ4v) is 5.42. The molecule has 0 aliphatic rings. The van der Waals surface area contributed by atoms with E-state index in [9.17, 15) is 36.2 Å². The van der Waals surface area contributed by atoms with Crippen molar-refractivity contribution in [2.24, 2.45) is 20.5 Å². The molecule has 5 aromatic carbocycles. The molecule has 0 fully saturated rings. The van der Waals surface area contributed by atoms with E-state index in [4.69, 9.17) is 5.73 Å². The molecule has 0 saturated carbocycles. The number of phenols is 2. The van der Waals surface area contributed by atoms with Crippen LogP contribution in [0.2, 0.25) is 0 Å². The maximum atomic E-state index is 12.0. The average Bonchev–Trinajstić information content (AvgIpc) is 2.95. The SMILES string of the molecule is Nc1ccc2c(O)c(N=Nc3ccc(-c4ccc(N=Nc5ccc(O)cc5S(=O)(=O)O)cc4)cc3)c(S(=O)(=O)O)cc2c1. The summed E-state index contributed by atoms with van der Waals surface area (Å²) in [7, 11) is -9.39. The Bertz CT molecular complexity index is 2150. The van der Waals surface area contributed by atoms with Crippen LogP contribution >= 0.6 is 0 Å². The molecule has 0 radical (unpaired) electrons. The molecule has 0 atom stereocenters. The molecule has 218 valence electrons. The van der Waals surface area contributed by atoms with E-state index in [2.05, 4.69) is 20.5 Å². The summed E-state index contributed by atoms with van der Waals surface area (Å²) < 4.78 is 66.2. The van der Waals surface area contributed by atoms with Crippen LogP contribution in [0.5, 0.6) is 11.5 Å². The fourth-order valence-electron chi connectivity index (χ4n) is 4.12. The molecule has 0 aliphatic heterocycles. The second-order valence-corrected chi connectivity index (χ2v) is 11.9. The molecule has 0 heterocycles. The number of hydrogen-bond donors (Lipinski definition) is 5. The Morgan fingerprint density at radius 1 is 0.581 bits per heavy atom. The fraction of sp³-hybridized carbons (Fsp3) is 0. The maximum Gasteiger partial charge on any atom is 0.296 e. The number of nitrogens with two attached hydrogens (primary N) is 1. The summed E-state index contributed by atoms with van der Waals surface area (Å²) in [5.74, 6) is -0.841. The summed E-state index contributed by atoms with van der Waals surface area (Å²) in [6.45, 7) is 0. The third-order valence-electron chi connectivity index (χ3n) is 6.18. The average molecular weight is 620 g/mol. The molecule has 6 N–H and O–H groups in total. The van der Waals surface area contributed by atoms with Crippen molar-refractivity contribution >= 4 is 59.4 Å². The van der Waals surface area contributed by atoms with Crippen LogP contribution in [0.3, 0.4) is 0 Å². The van der Waals surface area contributed by atoms with Crippen molar-refractivity contribution in [1.82, 2.24) is 0 Å². The van der Waals surface area contributed by atoms with Gasteiger partial charge in [-0.1, -0.05) is 24.3 Å². The predicted octanol–water partition coefficient (Wildman–Crippen LogP) is 6.82.